The molecule has 1 aromatic heterocycles. The minimum atomic E-state index is -0.353. The van der Waals surface area contributed by atoms with Gasteiger partial charge in [-0.1, -0.05) is 25.1 Å². The third-order valence-electron chi connectivity index (χ3n) is 3.91. The summed E-state index contributed by atoms with van der Waals surface area (Å²) in [6.45, 7) is 6.07. The van der Waals surface area contributed by atoms with Gasteiger partial charge in [-0.15, -0.1) is 11.3 Å². The number of aryl methyl sites for hydroxylation is 1. The highest BCUT2D eigenvalue weighted by Gasteiger charge is 2.26. The van der Waals surface area contributed by atoms with Crippen LogP contribution >= 0.6 is 11.3 Å². The number of hydrogen-bond acceptors (Lipinski definition) is 3. The van der Waals surface area contributed by atoms with E-state index in [-0.39, 0.29) is 18.1 Å². The second-order valence-electron chi connectivity index (χ2n) is 5.39. The minimum absolute atomic E-state index is 0.0403. The molecule has 0 aliphatic heterocycles. The van der Waals surface area contributed by atoms with Crippen molar-refractivity contribution in [2.24, 2.45) is 0 Å². The fraction of sp³-hybridized carbons (Fsp3) is 0.438. The molecular weight excluding hydrogens is 270 g/mol. The number of nitrogens with one attached hydrogen (secondary N) is 1. The van der Waals surface area contributed by atoms with E-state index in [4.69, 9.17) is 5.11 Å². The molecule has 1 unspecified atom stereocenters. The van der Waals surface area contributed by atoms with Crippen molar-refractivity contribution in [3.05, 3.63) is 34.7 Å². The summed E-state index contributed by atoms with van der Waals surface area (Å²) >= 11 is 1.53. The molecule has 1 heterocycles. The maximum absolute atomic E-state index is 12.5. The molecular formula is C16H21NO2S. The Morgan fingerprint density at radius 2 is 2.10 bits per heavy atom. The number of aliphatic hydroxyl groups is 1. The summed E-state index contributed by atoms with van der Waals surface area (Å²) in [7, 11) is 0. The van der Waals surface area contributed by atoms with E-state index in [0.29, 0.717) is 6.42 Å². The first-order chi connectivity index (χ1) is 9.50. The van der Waals surface area contributed by atoms with Crippen LogP contribution in [-0.4, -0.2) is 23.2 Å². The predicted molar refractivity (Wildman–Crippen MR) is 84.4 cm³/mol. The summed E-state index contributed by atoms with van der Waals surface area (Å²) in [6.07, 6.45) is 1.36. The molecule has 4 heteroatoms. The van der Waals surface area contributed by atoms with Gasteiger partial charge in [0.2, 0.25) is 0 Å². The average molecular weight is 291 g/mol. The van der Waals surface area contributed by atoms with E-state index in [1.165, 1.54) is 11.3 Å². The molecule has 20 heavy (non-hydrogen) atoms. The van der Waals surface area contributed by atoms with Crippen molar-refractivity contribution < 1.29 is 9.90 Å². The molecule has 0 aliphatic carbocycles. The van der Waals surface area contributed by atoms with Crippen molar-refractivity contribution in [2.45, 2.75) is 39.2 Å². The predicted octanol–water partition coefficient (Wildman–Crippen LogP) is 3.49. The molecule has 2 N–H and O–H groups in total. The van der Waals surface area contributed by atoms with Gasteiger partial charge in [0.25, 0.3) is 5.91 Å². The van der Waals surface area contributed by atoms with Crippen LogP contribution in [-0.2, 0) is 0 Å². The Morgan fingerprint density at radius 1 is 1.40 bits per heavy atom. The monoisotopic (exact) mass is 291 g/mol. The van der Waals surface area contributed by atoms with Gasteiger partial charge in [-0.25, -0.2) is 0 Å². The maximum atomic E-state index is 12.5. The van der Waals surface area contributed by atoms with Crippen molar-refractivity contribution >= 4 is 27.3 Å². The molecule has 1 amide bonds. The number of carbonyl (C=O) groups is 1. The Morgan fingerprint density at radius 3 is 2.70 bits per heavy atom. The van der Waals surface area contributed by atoms with Gasteiger partial charge < -0.3 is 10.4 Å². The average Bonchev–Trinajstić information content (AvgIpc) is 2.77. The first-order valence-corrected chi connectivity index (χ1v) is 7.74. The van der Waals surface area contributed by atoms with E-state index in [1.54, 1.807) is 0 Å². The van der Waals surface area contributed by atoms with Crippen LogP contribution in [0.3, 0.4) is 0 Å². The Bertz CT molecular complexity index is 620. The fourth-order valence-corrected chi connectivity index (χ4v) is 3.40. The zero-order valence-electron chi connectivity index (χ0n) is 12.2. The maximum Gasteiger partial charge on any atom is 0.262 e. The molecule has 1 aromatic carbocycles. The van der Waals surface area contributed by atoms with Crippen molar-refractivity contribution in [2.75, 3.05) is 6.61 Å². The van der Waals surface area contributed by atoms with Crippen LogP contribution in [0.1, 0.15) is 41.9 Å². The normalized spacial score (nSPS) is 14.2. The standard InChI is InChI=1S/C16H21NO2S/c1-4-16(3,9-10-18)17-15(19)14-11(2)12-7-5-6-8-13(12)20-14/h5-8,18H,4,9-10H2,1-3H3,(H,17,19). The number of thiophene rings is 1. The topological polar surface area (TPSA) is 49.3 Å². The Hall–Kier alpha value is -1.39. The molecule has 0 spiro atoms. The summed E-state index contributed by atoms with van der Waals surface area (Å²) in [4.78, 5) is 13.3. The molecule has 108 valence electrons. The van der Waals surface area contributed by atoms with E-state index in [0.717, 1.165) is 26.9 Å². The summed E-state index contributed by atoms with van der Waals surface area (Å²) in [5.41, 5.74) is 0.680. The van der Waals surface area contributed by atoms with Crippen LogP contribution in [0.25, 0.3) is 10.1 Å². The zero-order valence-corrected chi connectivity index (χ0v) is 13.0. The molecule has 1 atom stereocenters. The Labute approximate surface area is 123 Å². The lowest BCUT2D eigenvalue weighted by Crippen LogP contribution is -2.46. The van der Waals surface area contributed by atoms with Gasteiger partial charge in [-0.3, -0.25) is 4.79 Å². The summed E-state index contributed by atoms with van der Waals surface area (Å²) in [5, 5.41) is 13.4. The molecule has 0 saturated carbocycles. The number of rotatable bonds is 5. The third-order valence-corrected chi connectivity index (χ3v) is 5.18. The van der Waals surface area contributed by atoms with Gasteiger partial charge >= 0.3 is 0 Å². The SMILES string of the molecule is CCC(C)(CCO)NC(=O)c1sc2ccccc2c1C. The Balaban J connectivity index is 2.29. The first-order valence-electron chi connectivity index (χ1n) is 6.92. The molecule has 0 fully saturated rings. The van der Waals surface area contributed by atoms with Crippen LogP contribution in [0, 0.1) is 6.92 Å². The highest BCUT2D eigenvalue weighted by molar-refractivity contribution is 7.21. The fourth-order valence-electron chi connectivity index (χ4n) is 2.30. The minimum Gasteiger partial charge on any atom is -0.396 e. The summed E-state index contributed by atoms with van der Waals surface area (Å²) in [6, 6.07) is 8.06. The molecule has 2 aromatic rings. The lowest BCUT2D eigenvalue weighted by Gasteiger charge is -2.28. The first kappa shape index (κ1) is 15.0. The van der Waals surface area contributed by atoms with Gasteiger partial charge in [0.15, 0.2) is 0 Å². The Kier molecular flexibility index (Phi) is 4.45. The van der Waals surface area contributed by atoms with Gasteiger partial charge in [-0.05, 0) is 43.7 Å². The highest BCUT2D eigenvalue weighted by Crippen LogP contribution is 2.31. The second-order valence-corrected chi connectivity index (χ2v) is 6.45. The number of hydrogen-bond donors (Lipinski definition) is 2. The van der Waals surface area contributed by atoms with Crippen molar-refractivity contribution in [1.29, 1.82) is 0 Å². The third kappa shape index (κ3) is 2.86. The lowest BCUT2D eigenvalue weighted by atomic mass is 9.94. The summed E-state index contributed by atoms with van der Waals surface area (Å²) < 4.78 is 1.13. The largest absolute Gasteiger partial charge is 0.396 e. The molecule has 0 saturated heterocycles. The van der Waals surface area contributed by atoms with E-state index in [9.17, 15) is 4.79 Å². The highest BCUT2D eigenvalue weighted by atomic mass is 32.1. The van der Waals surface area contributed by atoms with Gasteiger partial charge in [0.1, 0.15) is 0 Å². The number of amides is 1. The smallest absolute Gasteiger partial charge is 0.262 e. The van der Waals surface area contributed by atoms with E-state index in [2.05, 4.69) is 5.32 Å². The van der Waals surface area contributed by atoms with Crippen LogP contribution in [0.15, 0.2) is 24.3 Å². The van der Waals surface area contributed by atoms with Crippen LogP contribution in [0.4, 0.5) is 0 Å². The molecule has 2 rings (SSSR count). The van der Waals surface area contributed by atoms with Crippen LogP contribution < -0.4 is 5.32 Å². The summed E-state index contributed by atoms with van der Waals surface area (Å²) in [5.74, 6) is -0.0403. The molecule has 3 nitrogen and oxygen atoms in total. The van der Waals surface area contributed by atoms with E-state index >= 15 is 0 Å². The quantitative estimate of drug-likeness (QED) is 0.886. The number of carbonyl (C=O) groups excluding carboxylic acids is 1. The van der Waals surface area contributed by atoms with Crippen LogP contribution in [0.2, 0.25) is 0 Å². The van der Waals surface area contributed by atoms with Crippen molar-refractivity contribution in [1.82, 2.24) is 5.32 Å². The van der Waals surface area contributed by atoms with E-state index in [1.807, 2.05) is 45.0 Å². The number of benzene rings is 1. The zero-order chi connectivity index (χ0) is 14.8. The van der Waals surface area contributed by atoms with Gasteiger partial charge in [0.05, 0.1) is 4.88 Å². The van der Waals surface area contributed by atoms with E-state index < -0.39 is 0 Å². The van der Waals surface area contributed by atoms with Gasteiger partial charge in [-0.2, -0.15) is 0 Å². The molecule has 0 radical (unpaired) electrons. The second kappa shape index (κ2) is 5.94. The van der Waals surface area contributed by atoms with Crippen molar-refractivity contribution in [3.63, 3.8) is 0 Å². The molecule has 0 bridgehead atoms. The van der Waals surface area contributed by atoms with Crippen molar-refractivity contribution in [3.8, 4) is 0 Å². The number of aliphatic hydroxyl groups excluding tert-OH is 1. The van der Waals surface area contributed by atoms with Gasteiger partial charge in [0, 0.05) is 16.8 Å². The lowest BCUT2D eigenvalue weighted by molar-refractivity contribution is 0.0890. The number of fused-ring (bicyclic) bond motifs is 1. The van der Waals surface area contributed by atoms with Crippen LogP contribution in [0.5, 0.6) is 0 Å². The molecule has 0 aliphatic rings.